The first kappa shape index (κ1) is 23.3. The van der Waals surface area contributed by atoms with Gasteiger partial charge in [0.15, 0.2) is 16.4 Å². The van der Waals surface area contributed by atoms with Crippen molar-refractivity contribution in [3.8, 4) is 17.1 Å². The number of aromatic nitrogens is 3. The van der Waals surface area contributed by atoms with Crippen molar-refractivity contribution in [3.05, 3.63) is 54.6 Å². The van der Waals surface area contributed by atoms with Gasteiger partial charge in [-0.1, -0.05) is 23.4 Å². The number of rotatable bonds is 6. The van der Waals surface area contributed by atoms with Gasteiger partial charge in [-0.25, -0.2) is 13.4 Å². The molecule has 184 valence electrons. The first-order valence-electron chi connectivity index (χ1n) is 11.7. The van der Waals surface area contributed by atoms with E-state index in [0.717, 1.165) is 25.1 Å². The van der Waals surface area contributed by atoms with Crippen LogP contribution in [0.15, 0.2) is 53.2 Å². The highest BCUT2D eigenvalue weighted by atomic mass is 32.2. The van der Waals surface area contributed by atoms with Gasteiger partial charge in [-0.3, -0.25) is 4.79 Å². The smallest absolute Gasteiger partial charge is 0.261 e. The molecule has 3 aromatic rings. The molecule has 11 heteroatoms. The number of piperidine rings is 1. The summed E-state index contributed by atoms with van der Waals surface area (Å²) < 4.78 is 34.5. The molecule has 5 rings (SSSR count). The second-order valence-electron chi connectivity index (χ2n) is 8.70. The van der Waals surface area contributed by atoms with E-state index >= 15 is 0 Å². The summed E-state index contributed by atoms with van der Waals surface area (Å²) in [5.74, 6) is 2.33. The molecule has 2 saturated heterocycles. The number of pyridine rings is 1. The molecule has 0 saturated carbocycles. The molecule has 0 aliphatic carbocycles. The highest BCUT2D eigenvalue weighted by molar-refractivity contribution is 7.91. The Morgan fingerprint density at radius 2 is 1.86 bits per heavy atom. The zero-order valence-corrected chi connectivity index (χ0v) is 20.1. The number of amides is 1. The third kappa shape index (κ3) is 5.45. The molecule has 1 amide bonds. The molecule has 0 N–H and O–H groups in total. The number of anilines is 1. The van der Waals surface area contributed by atoms with Crippen LogP contribution in [0.25, 0.3) is 11.4 Å². The topological polar surface area (TPSA) is 119 Å². The number of hydrogen-bond donors (Lipinski definition) is 0. The minimum Gasteiger partial charge on any atom is -0.484 e. The molecular weight excluding hydrogens is 470 g/mol. The fraction of sp³-hybridized carbons (Fsp3) is 0.417. The SMILES string of the molecule is O=C(COc1ccccc1)N1CCCCC1c1nc(-c2ccc(N3CCS(=O)(=O)CC3)nc2)no1. The van der Waals surface area contributed by atoms with E-state index < -0.39 is 9.84 Å². The molecule has 2 fully saturated rings. The van der Waals surface area contributed by atoms with Crippen LogP contribution in [0.4, 0.5) is 5.82 Å². The van der Waals surface area contributed by atoms with Crippen molar-refractivity contribution in [1.82, 2.24) is 20.0 Å². The Balaban J connectivity index is 1.25. The molecule has 1 aromatic carbocycles. The summed E-state index contributed by atoms with van der Waals surface area (Å²) in [6.45, 7) is 1.42. The third-order valence-corrected chi connectivity index (χ3v) is 7.94. The number of ether oxygens (including phenoxy) is 1. The van der Waals surface area contributed by atoms with Crippen molar-refractivity contribution < 1.29 is 22.5 Å². The fourth-order valence-electron chi connectivity index (χ4n) is 4.37. The van der Waals surface area contributed by atoms with Gasteiger partial charge in [0.1, 0.15) is 17.6 Å². The molecule has 2 aliphatic heterocycles. The molecule has 1 atom stereocenters. The van der Waals surface area contributed by atoms with E-state index in [4.69, 9.17) is 9.26 Å². The van der Waals surface area contributed by atoms with Crippen molar-refractivity contribution in [2.45, 2.75) is 25.3 Å². The lowest BCUT2D eigenvalue weighted by Gasteiger charge is -2.33. The maximum Gasteiger partial charge on any atom is 0.261 e. The molecular formula is C24H27N5O5S. The van der Waals surface area contributed by atoms with Crippen molar-refractivity contribution in [2.24, 2.45) is 0 Å². The van der Waals surface area contributed by atoms with Crippen LogP contribution < -0.4 is 9.64 Å². The second-order valence-corrected chi connectivity index (χ2v) is 11.0. The number of likely N-dealkylation sites (tertiary alicyclic amines) is 1. The standard InChI is InChI=1S/C24H27N5O5S/c30-22(17-33-19-6-2-1-3-7-19)29-11-5-4-8-20(29)24-26-23(27-34-24)18-9-10-21(25-16-18)28-12-14-35(31,32)15-13-28/h1-3,6-7,9-10,16,20H,4-5,8,11-15,17H2. The van der Waals surface area contributed by atoms with Crippen LogP contribution in [0.2, 0.25) is 0 Å². The summed E-state index contributed by atoms with van der Waals surface area (Å²) in [5.41, 5.74) is 0.689. The minimum absolute atomic E-state index is 0.0509. The van der Waals surface area contributed by atoms with E-state index in [-0.39, 0.29) is 30.1 Å². The fourth-order valence-corrected chi connectivity index (χ4v) is 5.57. The van der Waals surface area contributed by atoms with Crippen LogP contribution in [-0.2, 0) is 14.6 Å². The van der Waals surface area contributed by atoms with Crippen LogP contribution in [0.1, 0.15) is 31.2 Å². The lowest BCUT2D eigenvalue weighted by Crippen LogP contribution is -2.41. The highest BCUT2D eigenvalue weighted by Gasteiger charge is 2.32. The van der Waals surface area contributed by atoms with Gasteiger partial charge in [0.05, 0.1) is 11.5 Å². The average Bonchev–Trinajstić information content (AvgIpc) is 3.38. The summed E-state index contributed by atoms with van der Waals surface area (Å²) in [5, 5.41) is 4.12. The van der Waals surface area contributed by atoms with Gasteiger partial charge in [-0.15, -0.1) is 0 Å². The van der Waals surface area contributed by atoms with E-state index in [0.29, 0.717) is 42.7 Å². The number of nitrogens with zero attached hydrogens (tertiary/aromatic N) is 5. The van der Waals surface area contributed by atoms with Gasteiger partial charge >= 0.3 is 0 Å². The molecule has 35 heavy (non-hydrogen) atoms. The Morgan fingerprint density at radius 1 is 1.06 bits per heavy atom. The van der Waals surface area contributed by atoms with Crippen LogP contribution in [0, 0.1) is 0 Å². The summed E-state index contributed by atoms with van der Waals surface area (Å²) in [4.78, 5) is 25.7. The van der Waals surface area contributed by atoms with Gasteiger partial charge in [-0.2, -0.15) is 4.98 Å². The Kier molecular flexibility index (Phi) is 6.67. The monoisotopic (exact) mass is 497 g/mol. The van der Waals surface area contributed by atoms with Gasteiger partial charge in [-0.05, 0) is 43.5 Å². The van der Waals surface area contributed by atoms with Crippen LogP contribution >= 0.6 is 0 Å². The molecule has 0 radical (unpaired) electrons. The van der Waals surface area contributed by atoms with Crippen LogP contribution in [0.3, 0.4) is 0 Å². The molecule has 2 aromatic heterocycles. The summed E-state index contributed by atoms with van der Waals surface area (Å²) in [7, 11) is -2.95. The third-order valence-electron chi connectivity index (χ3n) is 6.33. The Bertz CT molecular complexity index is 1250. The lowest BCUT2D eigenvalue weighted by atomic mass is 10.0. The van der Waals surface area contributed by atoms with E-state index in [1.165, 1.54) is 0 Å². The Morgan fingerprint density at radius 3 is 2.60 bits per heavy atom. The normalized spacial score (nSPS) is 19.9. The maximum atomic E-state index is 12.9. The predicted octanol–water partition coefficient (Wildman–Crippen LogP) is 2.50. The van der Waals surface area contributed by atoms with Crippen LogP contribution in [-0.4, -0.2) is 72.1 Å². The first-order valence-corrected chi connectivity index (χ1v) is 13.5. The molecule has 1 unspecified atom stereocenters. The maximum absolute atomic E-state index is 12.9. The van der Waals surface area contributed by atoms with Gasteiger partial charge < -0.3 is 19.1 Å². The summed E-state index contributed by atoms with van der Waals surface area (Å²) in [6, 6.07) is 12.6. The molecule has 0 bridgehead atoms. The average molecular weight is 498 g/mol. The highest BCUT2D eigenvalue weighted by Crippen LogP contribution is 2.31. The number of benzene rings is 1. The first-order chi connectivity index (χ1) is 17.0. The molecule has 10 nitrogen and oxygen atoms in total. The summed E-state index contributed by atoms with van der Waals surface area (Å²) in [6.07, 6.45) is 4.28. The number of para-hydroxylation sites is 1. The van der Waals surface area contributed by atoms with Gasteiger partial charge in [0.2, 0.25) is 11.7 Å². The Hall–Kier alpha value is -3.47. The zero-order chi connectivity index (χ0) is 24.3. The van der Waals surface area contributed by atoms with Gasteiger partial charge in [0, 0.05) is 31.4 Å². The van der Waals surface area contributed by atoms with E-state index in [9.17, 15) is 13.2 Å². The van der Waals surface area contributed by atoms with Gasteiger partial charge in [0.25, 0.3) is 5.91 Å². The molecule has 2 aliphatic rings. The Labute approximate surface area is 203 Å². The minimum atomic E-state index is -2.95. The number of carbonyl (C=O) groups is 1. The molecule has 0 spiro atoms. The second kappa shape index (κ2) is 10.0. The largest absolute Gasteiger partial charge is 0.484 e. The van der Waals surface area contributed by atoms with E-state index in [1.54, 1.807) is 11.1 Å². The molecule has 4 heterocycles. The predicted molar refractivity (Wildman–Crippen MR) is 129 cm³/mol. The lowest BCUT2D eigenvalue weighted by molar-refractivity contribution is -0.138. The number of sulfone groups is 1. The van der Waals surface area contributed by atoms with Crippen molar-refractivity contribution >= 4 is 21.6 Å². The summed E-state index contributed by atoms with van der Waals surface area (Å²) >= 11 is 0. The van der Waals surface area contributed by atoms with E-state index in [1.807, 2.05) is 47.4 Å². The van der Waals surface area contributed by atoms with Crippen LogP contribution in [0.5, 0.6) is 5.75 Å². The quantitative estimate of drug-likeness (QED) is 0.506. The zero-order valence-electron chi connectivity index (χ0n) is 19.2. The number of hydrogen-bond acceptors (Lipinski definition) is 9. The van der Waals surface area contributed by atoms with Crippen molar-refractivity contribution in [1.29, 1.82) is 0 Å². The van der Waals surface area contributed by atoms with Crippen molar-refractivity contribution in [3.63, 3.8) is 0 Å². The van der Waals surface area contributed by atoms with E-state index in [2.05, 4.69) is 15.1 Å². The number of carbonyl (C=O) groups excluding carboxylic acids is 1. The van der Waals surface area contributed by atoms with Crippen molar-refractivity contribution in [2.75, 3.05) is 42.6 Å².